The number of hydrogen-bond acceptors (Lipinski definition) is 5. The Bertz CT molecular complexity index is 380. The molecule has 0 aromatic heterocycles. The fraction of sp³-hybridized carbons (Fsp3) is 0. The summed E-state index contributed by atoms with van der Waals surface area (Å²) in [6.45, 7) is 0. The highest BCUT2D eigenvalue weighted by Gasteiger charge is 2.15. The molecule has 0 saturated carbocycles. The lowest BCUT2D eigenvalue weighted by Crippen LogP contribution is -2.42. The van der Waals surface area contributed by atoms with Gasteiger partial charge in [0.05, 0.1) is 5.56 Å². The third kappa shape index (κ3) is 2.45. The zero-order valence-electron chi connectivity index (χ0n) is 7.27. The largest absolute Gasteiger partial charge is 0.868 e. The molecule has 84 valence electrons. The van der Waals surface area contributed by atoms with E-state index in [9.17, 15) is 14.3 Å². The molecule has 7 N–H and O–H groups in total. The third-order valence-corrected chi connectivity index (χ3v) is 1.40. The zero-order valence-corrected chi connectivity index (χ0v) is 7.27. The maximum atomic E-state index is 12.7. The summed E-state index contributed by atoms with van der Waals surface area (Å²) in [5, 5.41) is 43.2. The first-order chi connectivity index (χ1) is 6.95. The van der Waals surface area contributed by atoms with Crippen molar-refractivity contribution < 1.29 is 40.7 Å². The van der Waals surface area contributed by atoms with E-state index in [-0.39, 0.29) is 0 Å². The average Bonchev–Trinajstić information content (AvgIpc) is 2.23. The van der Waals surface area contributed by atoms with Crippen molar-refractivity contribution in [3.63, 3.8) is 0 Å². The van der Waals surface area contributed by atoms with Gasteiger partial charge in [-0.25, -0.2) is 20.3 Å². The van der Waals surface area contributed by atoms with Crippen LogP contribution >= 0.6 is 0 Å². The summed E-state index contributed by atoms with van der Waals surface area (Å²) in [5.74, 6) is -4.71. The molecule has 0 bridgehead atoms. The van der Waals surface area contributed by atoms with Crippen molar-refractivity contribution in [1.29, 1.82) is 0 Å². The summed E-state index contributed by atoms with van der Waals surface area (Å²) in [4.78, 5) is 10.3. The Hall–Kier alpha value is -2.06. The number of carboxylic acid groups (broad SMARTS) is 1. The van der Waals surface area contributed by atoms with Gasteiger partial charge in [-0.3, -0.25) is 0 Å². The lowest BCUT2D eigenvalue weighted by molar-refractivity contribution is -0.670. The molecule has 1 aromatic carbocycles. The molecule has 0 aliphatic carbocycles. The summed E-state index contributed by atoms with van der Waals surface area (Å²) < 4.78 is 12.7. The van der Waals surface area contributed by atoms with Gasteiger partial charge in [0.15, 0.2) is 11.5 Å². The van der Waals surface area contributed by atoms with Crippen LogP contribution in [-0.4, -0.2) is 26.5 Å². The molecule has 0 aliphatic heterocycles. The van der Waals surface area contributed by atoms with Gasteiger partial charge in [-0.15, -0.1) is 0 Å². The molecule has 7 nitrogen and oxygen atoms in total. The molecule has 8 heteroatoms. The minimum absolute atomic E-state index is 0.467. The van der Waals surface area contributed by atoms with Crippen molar-refractivity contribution in [2.45, 2.75) is 0 Å². The fourth-order valence-corrected chi connectivity index (χ4v) is 0.767. The van der Waals surface area contributed by atoms with Gasteiger partial charge in [0.1, 0.15) is 5.82 Å². The number of phenolic OH excluding ortho intramolecular Hbond substituents is 2. The van der Waals surface area contributed by atoms with Crippen molar-refractivity contribution in [3.05, 3.63) is 17.4 Å². The van der Waals surface area contributed by atoms with Gasteiger partial charge in [-0.1, -0.05) is 0 Å². The van der Waals surface area contributed by atoms with Crippen LogP contribution in [0.5, 0.6) is 17.2 Å². The van der Waals surface area contributed by atoms with Crippen LogP contribution in [0.1, 0.15) is 10.4 Å². The van der Waals surface area contributed by atoms with Gasteiger partial charge < -0.3 is 20.4 Å². The second-order valence-corrected chi connectivity index (χ2v) is 2.24. The van der Waals surface area contributed by atoms with Crippen LogP contribution in [0.15, 0.2) is 6.07 Å². The highest BCUT2D eigenvalue weighted by atomic mass is 19.1. The van der Waals surface area contributed by atoms with E-state index >= 15 is 0 Å². The minimum atomic E-state index is -1.69. The lowest BCUT2D eigenvalue weighted by Gasteiger charge is -2.12. The van der Waals surface area contributed by atoms with Crippen LogP contribution in [-0.2, 0) is 0 Å². The number of carbonyl (C=O) groups is 1. The summed E-state index contributed by atoms with van der Waals surface area (Å²) in [6, 6.07) is 0.467. The number of aromatic carboxylic acids is 1. The number of quaternary nitrogens is 1. The molecule has 1 rings (SSSR count). The number of carboxylic acids is 1. The standard InChI is InChI=1S/C7H5FO5.H4NO/c8-4-2(7(12)13)1-3(9)5(10)6(4)11;1-2/h1,9-11H,(H,12,13);2H,1H3/q;+1/p-1. The first-order valence-corrected chi connectivity index (χ1v) is 3.41. The van der Waals surface area contributed by atoms with Crippen molar-refractivity contribution in [2.75, 3.05) is 0 Å². The Balaban J connectivity index is 0.000000921. The van der Waals surface area contributed by atoms with Crippen LogP contribution in [0, 0.1) is 5.82 Å². The first-order valence-electron chi connectivity index (χ1n) is 3.41. The van der Waals surface area contributed by atoms with Crippen molar-refractivity contribution >= 4 is 5.97 Å². The molecule has 0 heterocycles. The number of rotatable bonds is 1. The number of halogens is 1. The van der Waals surface area contributed by atoms with E-state index in [2.05, 4.69) is 5.90 Å². The Morgan fingerprint density at radius 2 is 1.87 bits per heavy atom. The molecule has 0 spiro atoms. The lowest BCUT2D eigenvalue weighted by atomic mass is 10.1. The van der Waals surface area contributed by atoms with Gasteiger partial charge in [0.25, 0.3) is 0 Å². The van der Waals surface area contributed by atoms with Gasteiger partial charge in [-0.2, -0.15) is 0 Å². The second kappa shape index (κ2) is 4.98. The maximum absolute atomic E-state index is 12.7. The predicted molar refractivity (Wildman–Crippen MR) is 40.8 cm³/mol. The zero-order chi connectivity index (χ0) is 12.2. The van der Waals surface area contributed by atoms with Crippen LogP contribution in [0.2, 0.25) is 0 Å². The predicted octanol–water partition coefficient (Wildman–Crippen LogP) is -1.37. The summed E-state index contributed by atoms with van der Waals surface area (Å²) in [5.41, 5.74) is -0.972. The van der Waals surface area contributed by atoms with E-state index < -0.39 is 34.6 Å². The molecule has 0 saturated heterocycles. The maximum Gasteiger partial charge on any atom is 0.338 e. The van der Waals surface area contributed by atoms with Gasteiger partial charge >= 0.3 is 5.97 Å². The Morgan fingerprint density at radius 3 is 2.27 bits per heavy atom. The second-order valence-electron chi connectivity index (χ2n) is 2.24. The van der Waals surface area contributed by atoms with Crippen LogP contribution in [0.4, 0.5) is 4.39 Å². The number of aromatic hydroxyl groups is 2. The molecule has 15 heavy (non-hydrogen) atoms. The summed E-state index contributed by atoms with van der Waals surface area (Å²) >= 11 is 0. The highest BCUT2D eigenvalue weighted by Crippen LogP contribution is 2.36. The molecule has 0 fully saturated rings. The normalized spacial score (nSPS) is 9.00. The van der Waals surface area contributed by atoms with Gasteiger partial charge in [0.2, 0.25) is 0 Å². The molecule has 0 atom stereocenters. The SMILES string of the molecule is O=C(O)c1cc(O)c(O)c([O-])c1F.[NH3+]O. The highest BCUT2D eigenvalue weighted by molar-refractivity contribution is 5.89. The number of hydrogen-bond donors (Lipinski definition) is 5. The molecule has 0 radical (unpaired) electrons. The first kappa shape index (κ1) is 12.9. The molecular weight excluding hydrogens is 213 g/mol. The van der Waals surface area contributed by atoms with Crippen LogP contribution < -0.4 is 11.0 Å². The molecular formula is C7H8FNO6. The van der Waals surface area contributed by atoms with Gasteiger partial charge in [0, 0.05) is 6.07 Å². The minimum Gasteiger partial charge on any atom is -0.868 e. The van der Waals surface area contributed by atoms with E-state index in [4.69, 9.17) is 20.5 Å². The number of benzene rings is 1. The smallest absolute Gasteiger partial charge is 0.338 e. The van der Waals surface area contributed by atoms with E-state index in [1.54, 1.807) is 0 Å². The van der Waals surface area contributed by atoms with Crippen LogP contribution in [0.25, 0.3) is 0 Å². The van der Waals surface area contributed by atoms with E-state index in [1.807, 2.05) is 0 Å². The molecule has 0 amide bonds. The number of phenols is 2. The third-order valence-electron chi connectivity index (χ3n) is 1.40. The van der Waals surface area contributed by atoms with Crippen molar-refractivity contribution in [2.24, 2.45) is 0 Å². The summed E-state index contributed by atoms with van der Waals surface area (Å²) in [7, 11) is 0. The van der Waals surface area contributed by atoms with E-state index in [1.165, 1.54) is 0 Å². The van der Waals surface area contributed by atoms with E-state index in [0.717, 1.165) is 0 Å². The fourth-order valence-electron chi connectivity index (χ4n) is 0.767. The van der Waals surface area contributed by atoms with Crippen molar-refractivity contribution in [1.82, 2.24) is 0 Å². The van der Waals surface area contributed by atoms with Gasteiger partial charge in [-0.05, 0) is 5.75 Å². The van der Waals surface area contributed by atoms with Crippen molar-refractivity contribution in [3.8, 4) is 17.2 Å². The van der Waals surface area contributed by atoms with E-state index in [0.29, 0.717) is 6.07 Å². The average molecular weight is 221 g/mol. The molecule has 1 aromatic rings. The quantitative estimate of drug-likeness (QED) is 0.291. The summed E-state index contributed by atoms with van der Waals surface area (Å²) in [6.07, 6.45) is 0. The monoisotopic (exact) mass is 221 g/mol. The Morgan fingerprint density at radius 1 is 1.40 bits per heavy atom. The Labute approximate surface area is 82.4 Å². The molecule has 0 aliphatic rings. The van der Waals surface area contributed by atoms with Crippen LogP contribution in [0.3, 0.4) is 0 Å². The molecule has 0 unspecified atom stereocenters. The topological polar surface area (TPSA) is 149 Å². The Kier molecular flexibility index (Phi) is 4.30.